The van der Waals surface area contributed by atoms with Gasteiger partial charge in [-0.15, -0.1) is 0 Å². The fraction of sp³-hybridized carbons (Fsp3) is 0.500. The van der Waals surface area contributed by atoms with Crippen LogP contribution in [0.1, 0.15) is 21.5 Å². The molecule has 0 radical (unpaired) electrons. The highest BCUT2D eigenvalue weighted by Crippen LogP contribution is 2.24. The Balaban J connectivity index is 2.88. The van der Waals surface area contributed by atoms with E-state index in [0.717, 1.165) is 15.6 Å². The summed E-state index contributed by atoms with van der Waals surface area (Å²) in [6, 6.07) is 3.86. The summed E-state index contributed by atoms with van der Waals surface area (Å²) in [6.07, 6.45) is -0.677. The first-order valence-electron chi connectivity index (χ1n) is 6.06. The quantitative estimate of drug-likeness (QED) is 0.900. The van der Waals surface area contributed by atoms with Crippen LogP contribution in [0.25, 0.3) is 0 Å². The average Bonchev–Trinajstić information content (AvgIpc) is 2.33. The number of carbonyl (C=O) groups excluding carboxylic acids is 1. The molecule has 0 aliphatic heterocycles. The van der Waals surface area contributed by atoms with Gasteiger partial charge >= 0.3 is 0 Å². The van der Waals surface area contributed by atoms with E-state index < -0.39 is 6.10 Å². The number of aliphatic hydroxyl groups is 1. The van der Waals surface area contributed by atoms with E-state index in [-0.39, 0.29) is 19.1 Å². The lowest BCUT2D eigenvalue weighted by Gasteiger charge is -2.21. The Kier molecular flexibility index (Phi) is 5.97. The maximum atomic E-state index is 12.4. The minimum Gasteiger partial charge on any atom is -0.389 e. The number of benzene rings is 1. The molecule has 0 aliphatic carbocycles. The molecule has 1 atom stereocenters. The second-order valence-corrected chi connectivity index (χ2v) is 5.53. The molecule has 0 aromatic heterocycles. The molecule has 0 aliphatic rings. The highest BCUT2D eigenvalue weighted by atomic mass is 79.9. The van der Waals surface area contributed by atoms with Gasteiger partial charge in [-0.2, -0.15) is 0 Å². The largest absolute Gasteiger partial charge is 0.389 e. The smallest absolute Gasteiger partial charge is 0.254 e. The Morgan fingerprint density at radius 3 is 2.68 bits per heavy atom. The van der Waals surface area contributed by atoms with Crippen LogP contribution in [0, 0.1) is 13.8 Å². The first kappa shape index (κ1) is 16.1. The SMILES string of the molecule is COC[C@H](O)CN(C)C(=O)c1cc(C)cc(C)c1Br. The lowest BCUT2D eigenvalue weighted by atomic mass is 10.1. The lowest BCUT2D eigenvalue weighted by molar-refractivity contribution is 0.0380. The van der Waals surface area contributed by atoms with Gasteiger partial charge in [-0.25, -0.2) is 0 Å². The van der Waals surface area contributed by atoms with Crippen LogP contribution in [0.5, 0.6) is 0 Å². The van der Waals surface area contributed by atoms with Crippen molar-refractivity contribution in [1.29, 1.82) is 0 Å². The lowest BCUT2D eigenvalue weighted by Crippen LogP contribution is -2.36. The number of amides is 1. The van der Waals surface area contributed by atoms with Crippen molar-refractivity contribution >= 4 is 21.8 Å². The zero-order valence-corrected chi connectivity index (χ0v) is 13.3. The third-order valence-corrected chi connectivity index (χ3v) is 3.87. The first-order chi connectivity index (χ1) is 8.86. The van der Waals surface area contributed by atoms with E-state index in [4.69, 9.17) is 4.74 Å². The maximum Gasteiger partial charge on any atom is 0.254 e. The van der Waals surface area contributed by atoms with Gasteiger partial charge in [0.25, 0.3) is 5.91 Å². The van der Waals surface area contributed by atoms with E-state index >= 15 is 0 Å². The van der Waals surface area contributed by atoms with E-state index in [1.807, 2.05) is 26.0 Å². The number of ether oxygens (including phenoxy) is 1. The summed E-state index contributed by atoms with van der Waals surface area (Å²) in [7, 11) is 3.19. The molecule has 0 heterocycles. The van der Waals surface area contributed by atoms with Crippen molar-refractivity contribution in [3.05, 3.63) is 33.3 Å². The summed E-state index contributed by atoms with van der Waals surface area (Å²) in [5, 5.41) is 9.66. The minimum atomic E-state index is -0.677. The molecular formula is C14H20BrNO3. The van der Waals surface area contributed by atoms with Gasteiger partial charge in [0.2, 0.25) is 0 Å². The number of aliphatic hydroxyl groups excluding tert-OH is 1. The highest BCUT2D eigenvalue weighted by molar-refractivity contribution is 9.10. The Hall–Kier alpha value is -0.910. The highest BCUT2D eigenvalue weighted by Gasteiger charge is 2.18. The number of methoxy groups -OCH3 is 1. The predicted molar refractivity (Wildman–Crippen MR) is 78.5 cm³/mol. The van der Waals surface area contributed by atoms with Crippen molar-refractivity contribution in [2.75, 3.05) is 27.3 Å². The van der Waals surface area contributed by atoms with Crippen LogP contribution in [-0.4, -0.2) is 49.3 Å². The first-order valence-corrected chi connectivity index (χ1v) is 6.85. The van der Waals surface area contributed by atoms with Gasteiger partial charge in [0, 0.05) is 25.2 Å². The maximum absolute atomic E-state index is 12.4. The van der Waals surface area contributed by atoms with Gasteiger partial charge in [0.15, 0.2) is 0 Å². The van der Waals surface area contributed by atoms with E-state index in [9.17, 15) is 9.90 Å². The summed E-state index contributed by atoms with van der Waals surface area (Å²) in [5.74, 6) is -0.117. The van der Waals surface area contributed by atoms with E-state index in [2.05, 4.69) is 15.9 Å². The molecule has 1 aromatic rings. The van der Waals surface area contributed by atoms with E-state index in [1.165, 1.54) is 12.0 Å². The summed E-state index contributed by atoms with van der Waals surface area (Å²) >= 11 is 3.45. The summed E-state index contributed by atoms with van der Waals surface area (Å²) in [6.45, 7) is 4.36. The third-order valence-electron chi connectivity index (χ3n) is 2.82. The monoisotopic (exact) mass is 329 g/mol. The number of likely N-dealkylation sites (N-methyl/N-ethyl adjacent to an activating group) is 1. The number of carbonyl (C=O) groups is 1. The molecule has 0 spiro atoms. The van der Waals surface area contributed by atoms with Crippen LogP contribution >= 0.6 is 15.9 Å². The van der Waals surface area contributed by atoms with E-state index in [0.29, 0.717) is 5.56 Å². The van der Waals surface area contributed by atoms with Crippen LogP contribution in [0.3, 0.4) is 0 Å². The average molecular weight is 330 g/mol. The van der Waals surface area contributed by atoms with E-state index in [1.54, 1.807) is 7.05 Å². The summed E-state index contributed by atoms with van der Waals surface area (Å²) < 4.78 is 5.66. The van der Waals surface area contributed by atoms with Gasteiger partial charge in [0.1, 0.15) is 0 Å². The Labute approximate surface area is 122 Å². The predicted octanol–water partition coefficient (Wildman–Crippen LogP) is 2.15. The molecule has 0 saturated heterocycles. The molecule has 1 N–H and O–H groups in total. The number of aryl methyl sites for hydroxylation is 2. The number of hydrogen-bond donors (Lipinski definition) is 1. The third kappa shape index (κ3) is 4.30. The minimum absolute atomic E-state index is 0.117. The Morgan fingerprint density at radius 2 is 2.11 bits per heavy atom. The van der Waals surface area contributed by atoms with Gasteiger partial charge in [-0.3, -0.25) is 4.79 Å². The summed E-state index contributed by atoms with van der Waals surface area (Å²) in [5.41, 5.74) is 2.67. The number of halogens is 1. The number of rotatable bonds is 5. The number of nitrogens with zero attached hydrogens (tertiary/aromatic N) is 1. The molecule has 0 bridgehead atoms. The number of hydrogen-bond acceptors (Lipinski definition) is 3. The molecule has 1 amide bonds. The van der Waals surface area contributed by atoms with Gasteiger partial charge < -0.3 is 14.7 Å². The van der Waals surface area contributed by atoms with Crippen LogP contribution in [0.4, 0.5) is 0 Å². The molecule has 19 heavy (non-hydrogen) atoms. The van der Waals surface area contributed by atoms with Crippen molar-refractivity contribution in [1.82, 2.24) is 4.90 Å². The Bertz CT molecular complexity index is 462. The molecule has 0 saturated carbocycles. The van der Waals surface area contributed by atoms with Crippen LogP contribution in [0.15, 0.2) is 16.6 Å². The summed E-state index contributed by atoms with van der Waals surface area (Å²) in [4.78, 5) is 13.9. The van der Waals surface area contributed by atoms with Gasteiger partial charge in [-0.05, 0) is 47.0 Å². The molecule has 106 valence electrons. The normalized spacial score (nSPS) is 12.3. The molecule has 0 fully saturated rings. The topological polar surface area (TPSA) is 49.8 Å². The van der Waals surface area contributed by atoms with Crippen LogP contribution < -0.4 is 0 Å². The van der Waals surface area contributed by atoms with Crippen molar-refractivity contribution < 1.29 is 14.6 Å². The molecular weight excluding hydrogens is 310 g/mol. The molecule has 5 heteroatoms. The molecule has 1 rings (SSSR count). The standard InChI is InChI=1S/C14H20BrNO3/c1-9-5-10(2)13(15)12(6-9)14(18)16(3)7-11(17)8-19-4/h5-6,11,17H,7-8H2,1-4H3/t11-/m1/s1. The molecule has 0 unspecified atom stereocenters. The van der Waals surface area contributed by atoms with Crippen molar-refractivity contribution in [2.24, 2.45) is 0 Å². The van der Waals surface area contributed by atoms with Crippen LogP contribution in [-0.2, 0) is 4.74 Å². The zero-order chi connectivity index (χ0) is 14.6. The fourth-order valence-corrected chi connectivity index (χ4v) is 2.35. The Morgan fingerprint density at radius 1 is 1.47 bits per heavy atom. The molecule has 4 nitrogen and oxygen atoms in total. The van der Waals surface area contributed by atoms with Crippen molar-refractivity contribution in [3.63, 3.8) is 0 Å². The zero-order valence-electron chi connectivity index (χ0n) is 11.7. The van der Waals surface area contributed by atoms with Gasteiger partial charge in [0.05, 0.1) is 18.3 Å². The second-order valence-electron chi connectivity index (χ2n) is 4.74. The fourth-order valence-electron chi connectivity index (χ4n) is 1.96. The van der Waals surface area contributed by atoms with Crippen molar-refractivity contribution in [2.45, 2.75) is 20.0 Å². The molecule has 1 aromatic carbocycles. The van der Waals surface area contributed by atoms with Gasteiger partial charge in [-0.1, -0.05) is 6.07 Å². The van der Waals surface area contributed by atoms with Crippen LogP contribution in [0.2, 0.25) is 0 Å². The van der Waals surface area contributed by atoms with Crippen molar-refractivity contribution in [3.8, 4) is 0 Å². The second kappa shape index (κ2) is 7.03.